The molecular formula is C33H36N5OPt-. The van der Waals surface area contributed by atoms with E-state index in [4.69, 9.17) is 10.1 Å². The molecule has 0 spiro atoms. The van der Waals surface area contributed by atoms with E-state index in [-0.39, 0.29) is 26.8 Å². The summed E-state index contributed by atoms with van der Waals surface area (Å²) in [4.78, 5) is 9.48. The molecule has 5 aromatic rings. The van der Waals surface area contributed by atoms with Crippen molar-refractivity contribution in [3.8, 4) is 39.9 Å². The third-order valence-corrected chi connectivity index (χ3v) is 7.14. The van der Waals surface area contributed by atoms with Crippen molar-refractivity contribution >= 4 is 0 Å². The Morgan fingerprint density at radius 2 is 1.48 bits per heavy atom. The molecule has 1 N–H and O–H groups in total. The van der Waals surface area contributed by atoms with Crippen LogP contribution < -0.4 is 0 Å². The van der Waals surface area contributed by atoms with Gasteiger partial charge in [0.15, 0.2) is 0 Å². The van der Waals surface area contributed by atoms with Crippen LogP contribution in [-0.2, 0) is 21.1 Å². The maximum absolute atomic E-state index is 10.3. The Bertz CT molecular complexity index is 1600. The van der Waals surface area contributed by atoms with Crippen LogP contribution in [0.3, 0.4) is 0 Å². The summed E-state index contributed by atoms with van der Waals surface area (Å²) in [5.41, 5.74) is 7.43. The van der Waals surface area contributed by atoms with Crippen LogP contribution in [0, 0.1) is 13.0 Å². The zero-order chi connectivity index (χ0) is 27.8. The van der Waals surface area contributed by atoms with Crippen molar-refractivity contribution in [2.45, 2.75) is 66.2 Å². The molecule has 0 fully saturated rings. The minimum atomic E-state index is 0. The molecule has 7 heteroatoms. The number of aryl methyl sites for hydroxylation is 1. The van der Waals surface area contributed by atoms with E-state index in [9.17, 15) is 5.11 Å². The van der Waals surface area contributed by atoms with Crippen molar-refractivity contribution in [1.82, 2.24) is 24.3 Å². The fourth-order valence-electron chi connectivity index (χ4n) is 4.98. The van der Waals surface area contributed by atoms with Crippen LogP contribution in [0.5, 0.6) is 5.75 Å². The van der Waals surface area contributed by atoms with Crippen LogP contribution in [0.4, 0.5) is 0 Å². The molecule has 0 atom stereocenters. The molecule has 0 bridgehead atoms. The van der Waals surface area contributed by atoms with E-state index in [1.54, 1.807) is 16.8 Å². The van der Waals surface area contributed by atoms with Gasteiger partial charge in [0, 0.05) is 39.1 Å². The maximum Gasteiger partial charge on any atom is 0.141 e. The van der Waals surface area contributed by atoms with E-state index < -0.39 is 0 Å². The van der Waals surface area contributed by atoms with E-state index in [0.717, 1.165) is 17.0 Å². The third kappa shape index (κ3) is 5.55. The van der Waals surface area contributed by atoms with Gasteiger partial charge < -0.3 is 9.67 Å². The largest absolute Gasteiger partial charge is 0.506 e. The summed E-state index contributed by atoms with van der Waals surface area (Å²) in [7, 11) is 0. The molecule has 6 nitrogen and oxygen atoms in total. The van der Waals surface area contributed by atoms with Crippen LogP contribution in [-0.4, -0.2) is 29.4 Å². The summed E-state index contributed by atoms with van der Waals surface area (Å²) in [6, 6.07) is 21.3. The Morgan fingerprint density at radius 1 is 0.825 bits per heavy atom. The normalized spacial score (nSPS) is 11.4. The molecule has 0 amide bonds. The van der Waals surface area contributed by atoms with Crippen molar-refractivity contribution < 1.29 is 26.2 Å². The number of imidazole rings is 1. The van der Waals surface area contributed by atoms with E-state index in [1.807, 2.05) is 49.6 Å². The zero-order valence-electron chi connectivity index (χ0n) is 24.1. The number of phenols is 1. The van der Waals surface area contributed by atoms with Crippen molar-refractivity contribution in [2.24, 2.45) is 0 Å². The Labute approximate surface area is 251 Å². The van der Waals surface area contributed by atoms with Gasteiger partial charge in [-0.25, -0.2) is 4.68 Å². The maximum atomic E-state index is 10.3. The van der Waals surface area contributed by atoms with Crippen LogP contribution in [0.2, 0.25) is 0 Å². The minimum Gasteiger partial charge on any atom is -0.506 e. The van der Waals surface area contributed by atoms with Gasteiger partial charge in [0.05, 0.1) is 5.82 Å². The number of hydrogen-bond acceptors (Lipinski definition) is 4. The summed E-state index contributed by atoms with van der Waals surface area (Å²) in [6.07, 6.45) is 3.91. The molecule has 0 aliphatic rings. The Kier molecular flexibility index (Phi) is 8.80. The quantitative estimate of drug-likeness (QED) is 0.174. The first-order chi connectivity index (χ1) is 18.7. The molecule has 2 aromatic heterocycles. The average molecular weight is 714 g/mol. The second kappa shape index (κ2) is 11.9. The molecule has 3 aromatic carbocycles. The number of aromatic nitrogens is 5. The third-order valence-electron chi connectivity index (χ3n) is 7.14. The topological polar surface area (TPSA) is 68.8 Å². The van der Waals surface area contributed by atoms with Gasteiger partial charge in [0.1, 0.15) is 23.1 Å². The standard InChI is InChI=1S/C33H36N5O.Pt/c1-20(2)26-18-27(21(3)4)31(28(19-26)22(5)6)37-16-15-34-33(37)25-12-10-11-24(17-25)32-35-23(7)38(36-32)29-13-8-9-14-30(29)39;/h8-16,18-22,39H,1-7H3;/q-1;. The zero-order valence-corrected chi connectivity index (χ0v) is 26.4. The van der Waals surface area contributed by atoms with Gasteiger partial charge in [-0.15, -0.1) is 24.3 Å². The van der Waals surface area contributed by atoms with E-state index in [1.165, 1.54) is 22.4 Å². The SMILES string of the molecule is Cc1nc(-c2[c-]c(-c3nccn3-c3c(C(C)C)cc(C(C)C)cc3C(C)C)ccc2)nn1-c1ccccc1O.[Pt]. The van der Waals surface area contributed by atoms with Gasteiger partial charge in [-0.05, 0) is 53.5 Å². The summed E-state index contributed by atoms with van der Waals surface area (Å²) < 4.78 is 3.87. The molecule has 0 aliphatic heterocycles. The van der Waals surface area contributed by atoms with Gasteiger partial charge in [-0.3, -0.25) is 9.97 Å². The van der Waals surface area contributed by atoms with Crippen LogP contribution in [0.15, 0.2) is 67.0 Å². The number of hydrogen-bond donors (Lipinski definition) is 1. The Morgan fingerprint density at radius 3 is 2.10 bits per heavy atom. The number of phenolic OH excluding ortho intramolecular Hbond substituents is 1. The summed E-state index contributed by atoms with van der Waals surface area (Å²) in [5.74, 6) is 3.37. The average Bonchev–Trinajstić information content (AvgIpc) is 3.55. The molecule has 0 unspecified atom stereocenters. The minimum absolute atomic E-state index is 0. The second-order valence-corrected chi connectivity index (χ2v) is 11.0. The number of rotatable bonds is 7. The predicted octanol–water partition coefficient (Wildman–Crippen LogP) is 7.97. The van der Waals surface area contributed by atoms with Gasteiger partial charge in [0.2, 0.25) is 0 Å². The first kappa shape index (κ1) is 29.5. The summed E-state index contributed by atoms with van der Waals surface area (Å²) in [6.45, 7) is 15.4. The molecule has 0 saturated heterocycles. The van der Waals surface area contributed by atoms with E-state index in [2.05, 4.69) is 69.3 Å². The van der Waals surface area contributed by atoms with Crippen molar-refractivity contribution in [1.29, 1.82) is 0 Å². The fourth-order valence-corrected chi connectivity index (χ4v) is 4.98. The molecule has 5 rings (SSSR count). The van der Waals surface area contributed by atoms with Gasteiger partial charge >= 0.3 is 0 Å². The molecule has 0 saturated carbocycles. The fraction of sp³-hybridized carbons (Fsp3) is 0.303. The molecular weight excluding hydrogens is 677 g/mol. The number of nitrogens with zero attached hydrogens (tertiary/aromatic N) is 5. The predicted molar refractivity (Wildman–Crippen MR) is 157 cm³/mol. The van der Waals surface area contributed by atoms with E-state index >= 15 is 0 Å². The van der Waals surface area contributed by atoms with Crippen molar-refractivity contribution in [3.05, 3.63) is 95.6 Å². The van der Waals surface area contributed by atoms with Gasteiger partial charge in [0.25, 0.3) is 0 Å². The first-order valence-electron chi connectivity index (χ1n) is 13.6. The molecule has 40 heavy (non-hydrogen) atoms. The molecule has 2 heterocycles. The molecule has 0 radical (unpaired) electrons. The number of benzene rings is 3. The summed E-state index contributed by atoms with van der Waals surface area (Å²) >= 11 is 0. The van der Waals surface area contributed by atoms with Gasteiger partial charge in [-0.2, -0.15) is 5.10 Å². The number of aromatic hydroxyl groups is 1. The Hall–Kier alpha value is -3.50. The van der Waals surface area contributed by atoms with Crippen LogP contribution >= 0.6 is 0 Å². The van der Waals surface area contributed by atoms with Crippen molar-refractivity contribution in [2.75, 3.05) is 0 Å². The summed E-state index contributed by atoms with van der Waals surface area (Å²) in [5, 5.41) is 15.0. The molecule has 210 valence electrons. The van der Waals surface area contributed by atoms with Crippen LogP contribution in [0.25, 0.3) is 34.2 Å². The van der Waals surface area contributed by atoms with Gasteiger partial charge in [-0.1, -0.05) is 76.9 Å². The monoisotopic (exact) mass is 713 g/mol. The number of para-hydroxylation sites is 2. The van der Waals surface area contributed by atoms with Crippen molar-refractivity contribution in [3.63, 3.8) is 0 Å². The molecule has 0 aliphatic carbocycles. The van der Waals surface area contributed by atoms with Crippen LogP contribution in [0.1, 0.15) is 81.8 Å². The first-order valence-corrected chi connectivity index (χ1v) is 13.6. The smallest absolute Gasteiger partial charge is 0.141 e. The second-order valence-electron chi connectivity index (χ2n) is 11.0. The Balaban J connectivity index is 0.00000370. The van der Waals surface area contributed by atoms with E-state index in [0.29, 0.717) is 35.1 Å².